The number of carbonyl (C=O) groups excluding carboxylic acids is 2. The number of hydrogen-bond acceptors (Lipinski definition) is 5. The van der Waals surface area contributed by atoms with Gasteiger partial charge in [-0.05, 0) is 31.5 Å². The fourth-order valence-corrected chi connectivity index (χ4v) is 2.84. The van der Waals surface area contributed by atoms with E-state index in [0.717, 1.165) is 5.75 Å². The number of amides is 1. The van der Waals surface area contributed by atoms with Gasteiger partial charge in [-0.1, -0.05) is 18.2 Å². The Hall–Kier alpha value is -3.02. The first-order valence-corrected chi connectivity index (χ1v) is 8.44. The molecule has 1 heterocycles. The van der Waals surface area contributed by atoms with Gasteiger partial charge in [0.15, 0.2) is 18.1 Å². The third-order valence-electron chi connectivity index (χ3n) is 4.13. The number of ketones is 1. The quantitative estimate of drug-likeness (QED) is 0.564. The van der Waals surface area contributed by atoms with E-state index in [0.29, 0.717) is 42.3 Å². The first-order chi connectivity index (χ1) is 12.6. The van der Waals surface area contributed by atoms with E-state index in [9.17, 15) is 9.59 Å². The summed E-state index contributed by atoms with van der Waals surface area (Å²) in [6, 6.07) is 12.9. The van der Waals surface area contributed by atoms with Gasteiger partial charge in [-0.15, -0.1) is 0 Å². The zero-order valence-corrected chi connectivity index (χ0v) is 14.9. The molecule has 0 saturated carbocycles. The summed E-state index contributed by atoms with van der Waals surface area (Å²) >= 11 is 0. The van der Waals surface area contributed by atoms with Gasteiger partial charge in [-0.2, -0.15) is 0 Å². The second-order valence-electron chi connectivity index (χ2n) is 5.93. The highest BCUT2D eigenvalue weighted by molar-refractivity contribution is 6.04. The zero-order valence-electron chi connectivity index (χ0n) is 14.9. The third kappa shape index (κ3) is 3.79. The van der Waals surface area contributed by atoms with E-state index >= 15 is 0 Å². The molecule has 1 aliphatic rings. The van der Waals surface area contributed by atoms with Crippen LogP contribution in [0.15, 0.2) is 42.5 Å². The van der Waals surface area contributed by atoms with Gasteiger partial charge < -0.3 is 19.1 Å². The molecule has 0 aliphatic carbocycles. The van der Waals surface area contributed by atoms with Crippen molar-refractivity contribution in [2.45, 2.75) is 13.3 Å². The van der Waals surface area contributed by atoms with Gasteiger partial charge in [0, 0.05) is 12.6 Å². The highest BCUT2D eigenvalue weighted by Gasteiger charge is 2.29. The number of ether oxygens (including phenoxy) is 3. The number of anilines is 1. The van der Waals surface area contributed by atoms with E-state index in [1.165, 1.54) is 14.0 Å². The Balaban J connectivity index is 1.75. The summed E-state index contributed by atoms with van der Waals surface area (Å²) in [5.74, 6) is 1.45. The van der Waals surface area contributed by atoms with Crippen LogP contribution in [0.2, 0.25) is 0 Å². The molecule has 0 unspecified atom stereocenters. The molecule has 0 spiro atoms. The van der Waals surface area contributed by atoms with Gasteiger partial charge in [0.2, 0.25) is 0 Å². The Labute approximate surface area is 152 Å². The maximum atomic E-state index is 12.3. The normalized spacial score (nSPS) is 13.0. The molecule has 0 atom stereocenters. The van der Waals surface area contributed by atoms with Gasteiger partial charge in [-0.3, -0.25) is 9.59 Å². The summed E-state index contributed by atoms with van der Waals surface area (Å²) in [6.45, 7) is 2.33. The summed E-state index contributed by atoms with van der Waals surface area (Å²) in [5, 5.41) is 0. The van der Waals surface area contributed by atoms with Crippen LogP contribution in [0.4, 0.5) is 5.69 Å². The van der Waals surface area contributed by atoms with Crippen LogP contribution >= 0.6 is 0 Å². The smallest absolute Gasteiger partial charge is 0.265 e. The molecule has 6 nitrogen and oxygen atoms in total. The Morgan fingerprint density at radius 2 is 1.96 bits per heavy atom. The number of fused-ring (bicyclic) bond motifs is 1. The number of methoxy groups -OCH3 is 1. The van der Waals surface area contributed by atoms with Crippen molar-refractivity contribution in [3.63, 3.8) is 0 Å². The van der Waals surface area contributed by atoms with Crippen LogP contribution in [0.5, 0.6) is 17.2 Å². The van der Waals surface area contributed by atoms with Crippen LogP contribution in [0.1, 0.15) is 23.7 Å². The molecule has 6 heteroatoms. The maximum absolute atomic E-state index is 12.3. The first-order valence-electron chi connectivity index (χ1n) is 8.44. The van der Waals surface area contributed by atoms with E-state index in [2.05, 4.69) is 0 Å². The van der Waals surface area contributed by atoms with E-state index in [-0.39, 0.29) is 18.3 Å². The third-order valence-corrected chi connectivity index (χ3v) is 4.13. The Morgan fingerprint density at radius 3 is 2.65 bits per heavy atom. The molecule has 0 aromatic heterocycles. The van der Waals surface area contributed by atoms with Crippen LogP contribution < -0.4 is 19.1 Å². The summed E-state index contributed by atoms with van der Waals surface area (Å²) in [5.41, 5.74) is 0.975. The largest absolute Gasteiger partial charge is 0.497 e. The van der Waals surface area contributed by atoms with Gasteiger partial charge in [0.25, 0.3) is 5.91 Å². The molecule has 0 N–H and O–H groups in total. The standard InChI is InChI=1S/C20H21NO5/c1-14(22)17-11-16(24-2)12-18-20(17)26-13-19(23)21(18)9-6-10-25-15-7-4-3-5-8-15/h3-5,7-8,11-12H,6,9-10,13H2,1-2H3. The average Bonchev–Trinajstić information content (AvgIpc) is 2.66. The summed E-state index contributed by atoms with van der Waals surface area (Å²) in [7, 11) is 1.52. The average molecular weight is 355 g/mol. The van der Waals surface area contributed by atoms with E-state index in [1.54, 1.807) is 17.0 Å². The fraction of sp³-hybridized carbons (Fsp3) is 0.300. The number of carbonyl (C=O) groups is 2. The SMILES string of the molecule is COc1cc(C(C)=O)c2c(c1)N(CCCOc1ccccc1)C(=O)CO2. The summed E-state index contributed by atoms with van der Waals surface area (Å²) in [6.07, 6.45) is 0.646. The molecule has 0 radical (unpaired) electrons. The van der Waals surface area contributed by atoms with Crippen molar-refractivity contribution in [2.75, 3.05) is 31.8 Å². The van der Waals surface area contributed by atoms with Crippen molar-refractivity contribution in [3.05, 3.63) is 48.0 Å². The van der Waals surface area contributed by atoms with Crippen molar-refractivity contribution >= 4 is 17.4 Å². The lowest BCUT2D eigenvalue weighted by molar-refractivity contribution is -0.121. The minimum absolute atomic E-state index is 0.0842. The Morgan fingerprint density at radius 1 is 1.19 bits per heavy atom. The van der Waals surface area contributed by atoms with Crippen molar-refractivity contribution in [1.29, 1.82) is 0 Å². The van der Waals surface area contributed by atoms with Crippen molar-refractivity contribution in [3.8, 4) is 17.2 Å². The topological polar surface area (TPSA) is 65.1 Å². The predicted molar refractivity (Wildman–Crippen MR) is 97.4 cm³/mol. The fourth-order valence-electron chi connectivity index (χ4n) is 2.84. The molecule has 26 heavy (non-hydrogen) atoms. The van der Waals surface area contributed by atoms with E-state index in [4.69, 9.17) is 14.2 Å². The molecule has 2 aromatic carbocycles. The molecule has 1 amide bonds. The van der Waals surface area contributed by atoms with Crippen molar-refractivity contribution < 1.29 is 23.8 Å². The first kappa shape index (κ1) is 17.8. The van der Waals surface area contributed by atoms with Crippen LogP contribution in [0, 0.1) is 0 Å². The summed E-state index contributed by atoms with van der Waals surface area (Å²) < 4.78 is 16.5. The van der Waals surface area contributed by atoms with Gasteiger partial charge in [0.1, 0.15) is 11.5 Å². The van der Waals surface area contributed by atoms with Crippen LogP contribution in [-0.2, 0) is 4.79 Å². The second kappa shape index (κ2) is 7.91. The molecule has 0 fully saturated rings. The zero-order chi connectivity index (χ0) is 18.5. The van der Waals surface area contributed by atoms with Crippen LogP contribution in [0.3, 0.4) is 0 Å². The molecule has 0 saturated heterocycles. The minimum atomic E-state index is -0.153. The number of benzene rings is 2. The summed E-state index contributed by atoms with van der Waals surface area (Å²) in [4.78, 5) is 25.9. The molecular weight excluding hydrogens is 334 g/mol. The lowest BCUT2D eigenvalue weighted by atomic mass is 10.1. The Kier molecular flexibility index (Phi) is 5.41. The molecule has 2 aromatic rings. The number of nitrogens with zero attached hydrogens (tertiary/aromatic N) is 1. The van der Waals surface area contributed by atoms with Gasteiger partial charge >= 0.3 is 0 Å². The number of hydrogen-bond donors (Lipinski definition) is 0. The number of rotatable bonds is 7. The Bertz CT molecular complexity index is 803. The predicted octanol–water partition coefficient (Wildman–Crippen LogP) is 3.09. The second-order valence-corrected chi connectivity index (χ2v) is 5.93. The molecular formula is C20H21NO5. The highest BCUT2D eigenvalue weighted by Crippen LogP contribution is 2.39. The minimum Gasteiger partial charge on any atom is -0.497 e. The lowest BCUT2D eigenvalue weighted by Crippen LogP contribution is -2.40. The van der Waals surface area contributed by atoms with Crippen molar-refractivity contribution in [1.82, 2.24) is 0 Å². The number of para-hydroxylation sites is 1. The molecule has 0 bridgehead atoms. The van der Waals surface area contributed by atoms with Crippen LogP contribution in [0.25, 0.3) is 0 Å². The molecule has 3 rings (SSSR count). The lowest BCUT2D eigenvalue weighted by Gasteiger charge is -2.30. The van der Waals surface area contributed by atoms with E-state index < -0.39 is 0 Å². The van der Waals surface area contributed by atoms with Crippen molar-refractivity contribution in [2.24, 2.45) is 0 Å². The van der Waals surface area contributed by atoms with Crippen LogP contribution in [-0.4, -0.2) is 38.6 Å². The highest BCUT2D eigenvalue weighted by atomic mass is 16.5. The number of Topliss-reactive ketones (excluding diaryl/α,β-unsaturated/α-hetero) is 1. The maximum Gasteiger partial charge on any atom is 0.265 e. The monoisotopic (exact) mass is 355 g/mol. The molecule has 136 valence electrons. The van der Waals surface area contributed by atoms with Gasteiger partial charge in [0.05, 0.1) is 25.0 Å². The van der Waals surface area contributed by atoms with Gasteiger partial charge in [-0.25, -0.2) is 0 Å². The molecule has 1 aliphatic heterocycles. The van der Waals surface area contributed by atoms with E-state index in [1.807, 2.05) is 30.3 Å².